The molecule has 0 saturated heterocycles. The van der Waals surface area contributed by atoms with Crippen LogP contribution in [0.15, 0.2) is 36.4 Å². The number of carboxylic acids is 4. The van der Waals surface area contributed by atoms with E-state index in [0.29, 0.717) is 50.4 Å². The summed E-state index contributed by atoms with van der Waals surface area (Å²) in [6, 6.07) is 9.75. The molecular weight excluding hydrogens is 605 g/mol. The van der Waals surface area contributed by atoms with E-state index in [1.807, 2.05) is 0 Å². The van der Waals surface area contributed by atoms with Crippen LogP contribution in [0.5, 0.6) is 0 Å². The van der Waals surface area contributed by atoms with Gasteiger partial charge in [0.1, 0.15) is 9.75 Å². The number of thiophene rings is 4. The Balaban J connectivity index is 1.54. The van der Waals surface area contributed by atoms with Gasteiger partial charge in [-0.1, -0.05) is 11.3 Å². The molecule has 0 amide bonds. The fourth-order valence-electron chi connectivity index (χ4n) is 3.63. The number of nitrogens with zero attached hydrogens (tertiary/aromatic N) is 2. The summed E-state index contributed by atoms with van der Waals surface area (Å²) < 4.78 is 0. The Morgan fingerprint density at radius 2 is 0.974 bits per heavy atom. The van der Waals surface area contributed by atoms with Crippen molar-refractivity contribution in [1.82, 2.24) is 10.2 Å². The van der Waals surface area contributed by atoms with Gasteiger partial charge in [0.15, 0.2) is 10.0 Å². The van der Waals surface area contributed by atoms with Crippen LogP contribution in [-0.4, -0.2) is 54.5 Å². The van der Waals surface area contributed by atoms with Crippen molar-refractivity contribution in [3.63, 3.8) is 0 Å². The van der Waals surface area contributed by atoms with Gasteiger partial charge < -0.3 is 20.4 Å². The monoisotopic (exact) mass is 618 g/mol. The summed E-state index contributed by atoms with van der Waals surface area (Å²) >= 11 is 5.92. The van der Waals surface area contributed by atoms with Crippen molar-refractivity contribution < 1.29 is 39.6 Å². The molecule has 0 aliphatic rings. The Morgan fingerprint density at radius 3 is 1.31 bits per heavy atom. The normalized spacial score (nSPS) is 11.1. The van der Waals surface area contributed by atoms with Crippen molar-refractivity contribution in [1.29, 1.82) is 0 Å². The number of aromatic carboxylic acids is 2. The Morgan fingerprint density at radius 1 is 0.564 bits per heavy atom. The maximum absolute atomic E-state index is 11.6. The zero-order valence-electron chi connectivity index (χ0n) is 19.2. The van der Waals surface area contributed by atoms with Gasteiger partial charge in [0.25, 0.3) is 0 Å². The minimum atomic E-state index is -1.04. The first kappa shape index (κ1) is 26.8. The standard InChI is InChI=1S/C24H14N2O8S5/c27-17(28)7-9-5-15(11-1-3-13(35-11)23(31)32)37-19(9)21-25-26-22(39-21)20-10(8-18(29)30)6-16(38-20)12-2-4-14(36-12)24(33)34/h1-6H,7-8H2,(H,27,28)(H,29,30)(H,31,32)(H,33,34). The quantitative estimate of drug-likeness (QED) is 0.143. The van der Waals surface area contributed by atoms with Gasteiger partial charge in [-0.05, 0) is 47.5 Å². The zero-order chi connectivity index (χ0) is 27.8. The summed E-state index contributed by atoms with van der Waals surface area (Å²) in [5, 5.41) is 46.9. The SMILES string of the molecule is O=C(O)Cc1cc(-c2ccc(C(=O)O)s2)sc1-c1nnc(-c2sc(-c3ccc(C(=O)O)s3)cc2CC(=O)O)s1. The minimum Gasteiger partial charge on any atom is -0.481 e. The lowest BCUT2D eigenvalue weighted by Crippen LogP contribution is -1.99. The molecule has 0 radical (unpaired) electrons. The third kappa shape index (κ3) is 5.67. The van der Waals surface area contributed by atoms with Crippen LogP contribution in [0.1, 0.15) is 30.5 Å². The molecule has 10 nitrogen and oxygen atoms in total. The van der Waals surface area contributed by atoms with Gasteiger partial charge >= 0.3 is 23.9 Å². The molecule has 0 fully saturated rings. The molecule has 5 aromatic heterocycles. The van der Waals surface area contributed by atoms with E-state index in [1.165, 1.54) is 46.1 Å². The second-order valence-corrected chi connectivity index (χ2v) is 13.2. The summed E-state index contributed by atoms with van der Waals surface area (Å²) in [7, 11) is 0. The Bertz CT molecular complexity index is 1630. The van der Waals surface area contributed by atoms with E-state index in [9.17, 15) is 39.6 Å². The van der Waals surface area contributed by atoms with Crippen molar-refractivity contribution in [2.24, 2.45) is 0 Å². The summed E-state index contributed by atoms with van der Waals surface area (Å²) in [5.74, 6) is -4.16. The van der Waals surface area contributed by atoms with Gasteiger partial charge in [-0.3, -0.25) is 9.59 Å². The van der Waals surface area contributed by atoms with Crippen LogP contribution in [0, 0.1) is 0 Å². The van der Waals surface area contributed by atoms with Gasteiger partial charge in [0.2, 0.25) is 0 Å². The van der Waals surface area contributed by atoms with E-state index < -0.39 is 23.9 Å². The third-order valence-corrected chi connectivity index (χ3v) is 11.4. The topological polar surface area (TPSA) is 175 Å². The number of carboxylic acid groups (broad SMARTS) is 4. The molecule has 0 spiro atoms. The maximum Gasteiger partial charge on any atom is 0.345 e. The van der Waals surface area contributed by atoms with Crippen LogP contribution in [0.2, 0.25) is 0 Å². The van der Waals surface area contributed by atoms with E-state index in [2.05, 4.69) is 10.2 Å². The van der Waals surface area contributed by atoms with Crippen molar-refractivity contribution in [3.8, 4) is 39.3 Å². The lowest BCUT2D eigenvalue weighted by Gasteiger charge is -1.97. The number of rotatable bonds is 10. The molecule has 0 unspecified atom stereocenters. The molecule has 198 valence electrons. The summed E-state index contributed by atoms with van der Waals surface area (Å²) in [5.41, 5.74) is 1.01. The van der Waals surface area contributed by atoms with E-state index in [1.54, 1.807) is 24.3 Å². The number of hydrogen-bond acceptors (Lipinski definition) is 11. The molecule has 5 aromatic rings. The first-order valence-corrected chi connectivity index (χ1v) is 14.9. The lowest BCUT2D eigenvalue weighted by molar-refractivity contribution is -0.137. The van der Waals surface area contributed by atoms with Crippen molar-refractivity contribution >= 4 is 80.6 Å². The van der Waals surface area contributed by atoms with E-state index in [4.69, 9.17) is 0 Å². The highest BCUT2D eigenvalue weighted by Crippen LogP contribution is 2.46. The van der Waals surface area contributed by atoms with Crippen LogP contribution in [0.25, 0.3) is 39.3 Å². The molecule has 4 N–H and O–H groups in total. The first-order valence-electron chi connectivity index (χ1n) is 10.8. The molecule has 39 heavy (non-hydrogen) atoms. The highest BCUT2D eigenvalue weighted by atomic mass is 32.1. The highest BCUT2D eigenvalue weighted by Gasteiger charge is 2.23. The smallest absolute Gasteiger partial charge is 0.345 e. The second-order valence-electron chi connectivity index (χ2n) is 7.92. The average molecular weight is 619 g/mol. The van der Waals surface area contributed by atoms with Crippen LogP contribution in [0.3, 0.4) is 0 Å². The largest absolute Gasteiger partial charge is 0.481 e. The van der Waals surface area contributed by atoms with Crippen LogP contribution >= 0.6 is 56.7 Å². The number of hydrogen-bond donors (Lipinski definition) is 4. The zero-order valence-corrected chi connectivity index (χ0v) is 23.3. The summed E-state index contributed by atoms with van der Waals surface area (Å²) in [4.78, 5) is 50.0. The molecule has 0 aliphatic carbocycles. The predicted molar refractivity (Wildman–Crippen MR) is 150 cm³/mol. The molecule has 15 heteroatoms. The lowest BCUT2D eigenvalue weighted by atomic mass is 10.1. The van der Waals surface area contributed by atoms with E-state index >= 15 is 0 Å². The predicted octanol–water partition coefficient (Wildman–Crippen LogP) is 6.10. The van der Waals surface area contributed by atoms with E-state index in [0.717, 1.165) is 22.7 Å². The van der Waals surface area contributed by atoms with Gasteiger partial charge in [-0.2, -0.15) is 0 Å². The maximum atomic E-state index is 11.6. The fourth-order valence-corrected chi connectivity index (χ4v) is 8.89. The third-order valence-electron chi connectivity index (χ3n) is 5.23. The summed E-state index contributed by atoms with van der Waals surface area (Å²) in [6.45, 7) is 0. The van der Waals surface area contributed by atoms with Crippen LogP contribution in [0.4, 0.5) is 0 Å². The van der Waals surface area contributed by atoms with Gasteiger partial charge in [0, 0.05) is 19.5 Å². The molecule has 0 atom stereocenters. The number of carbonyl (C=O) groups is 4. The van der Waals surface area contributed by atoms with Crippen LogP contribution < -0.4 is 0 Å². The van der Waals surface area contributed by atoms with Crippen molar-refractivity contribution in [3.05, 3.63) is 57.3 Å². The highest BCUT2D eigenvalue weighted by molar-refractivity contribution is 7.29. The van der Waals surface area contributed by atoms with E-state index in [-0.39, 0.29) is 22.6 Å². The Kier molecular flexibility index (Phi) is 7.42. The Hall–Kier alpha value is -3.76. The van der Waals surface area contributed by atoms with Crippen LogP contribution in [-0.2, 0) is 22.4 Å². The Labute approximate surface area is 238 Å². The molecule has 5 rings (SSSR count). The van der Waals surface area contributed by atoms with Gasteiger partial charge in [0.05, 0.1) is 22.6 Å². The molecular formula is C24H14N2O8S5. The molecule has 0 saturated carbocycles. The van der Waals surface area contributed by atoms with Crippen molar-refractivity contribution in [2.45, 2.75) is 12.8 Å². The van der Waals surface area contributed by atoms with Crippen molar-refractivity contribution in [2.75, 3.05) is 0 Å². The van der Waals surface area contributed by atoms with Gasteiger partial charge in [-0.15, -0.1) is 55.5 Å². The summed E-state index contributed by atoms with van der Waals surface area (Å²) in [6.07, 6.45) is -0.536. The molecule has 0 aromatic carbocycles. The first-order chi connectivity index (χ1) is 18.6. The molecule has 5 heterocycles. The van der Waals surface area contributed by atoms with Gasteiger partial charge in [-0.25, -0.2) is 9.59 Å². The molecule has 0 aliphatic heterocycles. The average Bonchev–Trinajstić information content (AvgIpc) is 3.67. The fraction of sp³-hybridized carbons (Fsp3) is 0.0833. The minimum absolute atomic E-state index is 0.165. The second kappa shape index (κ2) is 10.8. The molecule has 0 bridgehead atoms. The number of aliphatic carboxylic acids is 2. The number of aromatic nitrogens is 2.